The Morgan fingerprint density at radius 3 is 2.20 bits per heavy atom. The molecule has 2 unspecified atom stereocenters. The first-order valence-electron chi connectivity index (χ1n) is 11.9. The Kier molecular flexibility index (Phi) is 5.38. The smallest absolute Gasteiger partial charge is 0.410 e. The fraction of sp³-hybridized carbons (Fsp3) is 0.241. The summed E-state index contributed by atoms with van der Waals surface area (Å²) >= 11 is 0. The van der Waals surface area contributed by atoms with Gasteiger partial charge in [-0.2, -0.15) is 0 Å². The van der Waals surface area contributed by atoms with E-state index in [2.05, 4.69) is 24.3 Å². The lowest BCUT2D eigenvalue weighted by Gasteiger charge is -2.44. The fourth-order valence-electron chi connectivity index (χ4n) is 5.59. The largest absolute Gasteiger partial charge is 0.478 e. The number of hydrogen-bond donors (Lipinski definition) is 1. The number of aromatic carboxylic acids is 1. The average Bonchev–Trinajstić information content (AvgIpc) is 3.20. The summed E-state index contributed by atoms with van der Waals surface area (Å²) in [5.41, 5.74) is 7.12. The van der Waals surface area contributed by atoms with Crippen molar-refractivity contribution < 1.29 is 24.2 Å². The molecule has 2 bridgehead atoms. The average molecular weight is 468 g/mol. The van der Waals surface area contributed by atoms with Crippen molar-refractivity contribution in [2.24, 2.45) is 0 Å². The number of morpholine rings is 1. The van der Waals surface area contributed by atoms with E-state index < -0.39 is 5.97 Å². The molecule has 35 heavy (non-hydrogen) atoms. The zero-order valence-electron chi connectivity index (χ0n) is 19.1. The standard InChI is InChI=1S/C29H25NO5/c31-28(32)19-11-9-18(10-12-19)20-13-21-15-34-16-22(14-20)30(21)29(33)35-17-27-25-7-3-1-5-23(25)24-6-2-4-8-26(24)27/h1-13,21-22,27H,14-17H2,(H,31,32). The van der Waals surface area contributed by atoms with Gasteiger partial charge in [0.2, 0.25) is 0 Å². The fourth-order valence-corrected chi connectivity index (χ4v) is 5.59. The molecule has 3 aromatic rings. The quantitative estimate of drug-likeness (QED) is 0.572. The van der Waals surface area contributed by atoms with Gasteiger partial charge in [0.25, 0.3) is 0 Å². The minimum absolute atomic E-state index is 0.0195. The summed E-state index contributed by atoms with van der Waals surface area (Å²) in [4.78, 5) is 26.3. The molecule has 3 aromatic carbocycles. The molecule has 3 aliphatic rings. The maximum atomic E-state index is 13.3. The van der Waals surface area contributed by atoms with Gasteiger partial charge in [0, 0.05) is 5.92 Å². The molecule has 1 amide bonds. The maximum absolute atomic E-state index is 13.3. The molecular weight excluding hydrogens is 442 g/mol. The van der Waals surface area contributed by atoms with Crippen LogP contribution in [0, 0.1) is 0 Å². The Hall–Kier alpha value is -3.90. The number of carboxylic acids is 1. The number of nitrogens with zero attached hydrogens (tertiary/aromatic N) is 1. The number of benzene rings is 3. The van der Waals surface area contributed by atoms with Gasteiger partial charge < -0.3 is 14.6 Å². The van der Waals surface area contributed by atoms with Gasteiger partial charge in [-0.1, -0.05) is 66.7 Å². The second kappa shape index (κ2) is 8.71. The predicted molar refractivity (Wildman–Crippen MR) is 131 cm³/mol. The molecular formula is C29H25NO5. The van der Waals surface area contributed by atoms with Crippen molar-refractivity contribution >= 4 is 17.6 Å². The molecule has 2 heterocycles. The molecule has 0 saturated carbocycles. The number of carbonyl (C=O) groups excluding carboxylic acids is 1. The van der Waals surface area contributed by atoms with Crippen molar-refractivity contribution in [1.82, 2.24) is 4.90 Å². The maximum Gasteiger partial charge on any atom is 0.410 e. The highest BCUT2D eigenvalue weighted by Crippen LogP contribution is 2.44. The summed E-state index contributed by atoms with van der Waals surface area (Å²) in [5, 5.41) is 9.16. The van der Waals surface area contributed by atoms with E-state index in [1.807, 2.05) is 47.4 Å². The second-order valence-corrected chi connectivity index (χ2v) is 9.25. The summed E-state index contributed by atoms with van der Waals surface area (Å²) < 4.78 is 11.7. The summed E-state index contributed by atoms with van der Waals surface area (Å²) in [7, 11) is 0. The highest BCUT2D eigenvalue weighted by atomic mass is 16.6. The van der Waals surface area contributed by atoms with Gasteiger partial charge in [-0.25, -0.2) is 9.59 Å². The minimum Gasteiger partial charge on any atom is -0.478 e. The topological polar surface area (TPSA) is 76.1 Å². The highest BCUT2D eigenvalue weighted by Gasteiger charge is 2.40. The molecule has 6 rings (SSSR count). The summed E-state index contributed by atoms with van der Waals surface area (Å²) in [6.07, 6.45) is 2.36. The van der Waals surface area contributed by atoms with Gasteiger partial charge in [-0.15, -0.1) is 0 Å². The zero-order chi connectivity index (χ0) is 23.9. The Morgan fingerprint density at radius 2 is 1.57 bits per heavy atom. The van der Waals surface area contributed by atoms with Gasteiger partial charge in [-0.05, 0) is 51.9 Å². The first-order chi connectivity index (χ1) is 17.1. The van der Waals surface area contributed by atoms with Crippen molar-refractivity contribution in [1.29, 1.82) is 0 Å². The first-order valence-corrected chi connectivity index (χ1v) is 11.9. The second-order valence-electron chi connectivity index (χ2n) is 9.25. The number of amides is 1. The van der Waals surface area contributed by atoms with Crippen LogP contribution in [0.3, 0.4) is 0 Å². The number of carbonyl (C=O) groups is 2. The lowest BCUT2D eigenvalue weighted by atomic mass is 9.90. The third kappa shape index (κ3) is 3.80. The van der Waals surface area contributed by atoms with Crippen LogP contribution in [0.1, 0.15) is 39.4 Å². The predicted octanol–water partition coefficient (Wildman–Crippen LogP) is 5.19. The molecule has 6 heteroatoms. The lowest BCUT2D eigenvalue weighted by Crippen LogP contribution is -2.56. The van der Waals surface area contributed by atoms with Gasteiger partial charge in [-0.3, -0.25) is 4.90 Å². The van der Waals surface area contributed by atoms with E-state index in [1.165, 1.54) is 22.3 Å². The van der Waals surface area contributed by atoms with E-state index in [4.69, 9.17) is 14.6 Å². The number of fused-ring (bicyclic) bond motifs is 5. The Balaban J connectivity index is 1.20. The van der Waals surface area contributed by atoms with Crippen molar-refractivity contribution in [2.75, 3.05) is 19.8 Å². The summed E-state index contributed by atoms with van der Waals surface area (Å²) in [6.45, 7) is 1.15. The van der Waals surface area contributed by atoms with Crippen LogP contribution >= 0.6 is 0 Å². The van der Waals surface area contributed by atoms with Crippen molar-refractivity contribution in [3.63, 3.8) is 0 Å². The third-order valence-corrected chi connectivity index (χ3v) is 7.25. The van der Waals surface area contributed by atoms with E-state index in [0.29, 0.717) is 19.6 Å². The molecule has 0 aromatic heterocycles. The van der Waals surface area contributed by atoms with Crippen LogP contribution in [0.2, 0.25) is 0 Å². The van der Waals surface area contributed by atoms with Gasteiger partial charge in [0.1, 0.15) is 6.61 Å². The molecule has 1 fully saturated rings. The van der Waals surface area contributed by atoms with E-state index >= 15 is 0 Å². The molecule has 0 spiro atoms. The molecule has 1 N–H and O–H groups in total. The minimum atomic E-state index is -0.944. The van der Waals surface area contributed by atoms with Crippen LogP contribution in [0.4, 0.5) is 4.79 Å². The zero-order valence-corrected chi connectivity index (χ0v) is 19.1. The summed E-state index contributed by atoms with van der Waals surface area (Å²) in [5.74, 6) is -0.924. The number of hydrogen-bond acceptors (Lipinski definition) is 4. The van der Waals surface area contributed by atoms with E-state index in [1.54, 1.807) is 12.1 Å². The Labute approximate surface area is 203 Å². The van der Waals surface area contributed by atoms with Crippen LogP contribution in [-0.4, -0.2) is 54.0 Å². The van der Waals surface area contributed by atoms with Crippen LogP contribution in [-0.2, 0) is 9.47 Å². The van der Waals surface area contributed by atoms with Gasteiger partial charge in [0.05, 0.1) is 30.9 Å². The SMILES string of the molecule is O=C(O)c1ccc(C2=CC3COCC(C2)N3C(=O)OCC2c3ccccc3-c3ccccc32)cc1. The Morgan fingerprint density at radius 1 is 0.914 bits per heavy atom. The molecule has 1 saturated heterocycles. The molecule has 0 radical (unpaired) electrons. The first kappa shape index (κ1) is 21.6. The number of rotatable bonds is 4. The Bertz CT molecular complexity index is 1280. The molecule has 2 aliphatic heterocycles. The van der Waals surface area contributed by atoms with E-state index in [9.17, 15) is 9.59 Å². The van der Waals surface area contributed by atoms with E-state index in [0.717, 1.165) is 11.1 Å². The van der Waals surface area contributed by atoms with Crippen molar-refractivity contribution in [3.05, 3.63) is 101 Å². The van der Waals surface area contributed by atoms with Crippen LogP contribution in [0.15, 0.2) is 78.9 Å². The molecule has 1 aliphatic carbocycles. The van der Waals surface area contributed by atoms with E-state index in [-0.39, 0.29) is 36.3 Å². The normalized spacial score (nSPS) is 20.6. The highest BCUT2D eigenvalue weighted by molar-refractivity contribution is 5.88. The van der Waals surface area contributed by atoms with Crippen molar-refractivity contribution in [2.45, 2.75) is 24.4 Å². The molecule has 2 atom stereocenters. The third-order valence-electron chi connectivity index (χ3n) is 7.25. The lowest BCUT2D eigenvalue weighted by molar-refractivity contribution is -0.0331. The molecule has 176 valence electrons. The van der Waals surface area contributed by atoms with Crippen LogP contribution in [0.25, 0.3) is 16.7 Å². The van der Waals surface area contributed by atoms with Gasteiger partial charge in [0.15, 0.2) is 0 Å². The van der Waals surface area contributed by atoms with Crippen LogP contribution < -0.4 is 0 Å². The summed E-state index contributed by atoms with van der Waals surface area (Å²) in [6, 6.07) is 23.2. The van der Waals surface area contributed by atoms with Gasteiger partial charge >= 0.3 is 12.1 Å². The molecule has 6 nitrogen and oxygen atoms in total. The number of ether oxygens (including phenoxy) is 2. The monoisotopic (exact) mass is 467 g/mol. The van der Waals surface area contributed by atoms with Crippen molar-refractivity contribution in [3.8, 4) is 11.1 Å². The number of carboxylic acid groups (broad SMARTS) is 1. The van der Waals surface area contributed by atoms with Crippen LogP contribution in [0.5, 0.6) is 0 Å².